The first kappa shape index (κ1) is 19.7. The van der Waals surface area contributed by atoms with E-state index in [0.717, 1.165) is 33.6 Å². The fourth-order valence-electron chi connectivity index (χ4n) is 3.81. The van der Waals surface area contributed by atoms with Crippen LogP contribution in [0.15, 0.2) is 47.7 Å². The molecule has 2 aromatic carbocycles. The first-order valence-corrected chi connectivity index (χ1v) is 9.67. The first-order valence-electron chi connectivity index (χ1n) is 9.67. The van der Waals surface area contributed by atoms with E-state index in [4.69, 9.17) is 14.5 Å². The summed E-state index contributed by atoms with van der Waals surface area (Å²) in [4.78, 5) is 5.00. The van der Waals surface area contributed by atoms with Crippen LogP contribution in [-0.2, 0) is 7.05 Å². The Hall–Kier alpha value is -3.61. The lowest BCUT2D eigenvalue weighted by molar-refractivity contribution is 0.355. The molecule has 2 heterocycles. The first-order chi connectivity index (χ1) is 14.4. The Balaban J connectivity index is 2.00. The minimum absolute atomic E-state index is 0.660. The second kappa shape index (κ2) is 7.67. The van der Waals surface area contributed by atoms with Gasteiger partial charge in [0, 0.05) is 18.7 Å². The zero-order valence-electron chi connectivity index (χ0n) is 18.1. The van der Waals surface area contributed by atoms with Crippen molar-refractivity contribution >= 4 is 11.5 Å². The fraction of sp³-hybridized carbons (Fsp3) is 0.261. The van der Waals surface area contributed by atoms with Crippen LogP contribution < -0.4 is 15.0 Å². The average Bonchev–Trinajstić information content (AvgIpc) is 3.22. The molecule has 0 aliphatic rings. The van der Waals surface area contributed by atoms with E-state index >= 15 is 0 Å². The third-order valence-electron chi connectivity index (χ3n) is 5.24. The van der Waals surface area contributed by atoms with Crippen LogP contribution in [0.3, 0.4) is 0 Å². The Bertz CT molecular complexity index is 1290. The highest BCUT2D eigenvalue weighted by molar-refractivity contribution is 5.66. The second-order valence-corrected chi connectivity index (χ2v) is 7.38. The molecule has 7 nitrogen and oxygen atoms in total. The number of hydrogen-bond donors (Lipinski definition) is 0. The predicted octanol–water partition coefficient (Wildman–Crippen LogP) is 3.91. The molecule has 0 N–H and O–H groups in total. The van der Waals surface area contributed by atoms with Crippen LogP contribution in [0.25, 0.3) is 17.0 Å². The monoisotopic (exact) mass is 403 g/mol. The molecule has 0 aliphatic carbocycles. The third kappa shape index (κ3) is 3.32. The highest BCUT2D eigenvalue weighted by atomic mass is 16.5. The van der Waals surface area contributed by atoms with Gasteiger partial charge in [-0.3, -0.25) is 8.97 Å². The Morgan fingerprint density at radius 3 is 2.27 bits per heavy atom. The van der Waals surface area contributed by atoms with Crippen molar-refractivity contribution in [3.63, 3.8) is 0 Å². The number of hydrogen-bond acceptors (Lipinski definition) is 5. The Morgan fingerprint density at radius 2 is 1.60 bits per heavy atom. The number of fused-ring (bicyclic) bond motifs is 1. The van der Waals surface area contributed by atoms with Crippen molar-refractivity contribution in [3.8, 4) is 22.8 Å². The number of rotatable bonds is 4. The quantitative estimate of drug-likeness (QED) is 0.518. The molecule has 154 valence electrons. The van der Waals surface area contributed by atoms with Gasteiger partial charge in [-0.05, 0) is 50.1 Å². The highest BCUT2D eigenvalue weighted by Crippen LogP contribution is 2.32. The predicted molar refractivity (Wildman–Crippen MR) is 116 cm³/mol. The molecular weight excluding hydrogens is 378 g/mol. The van der Waals surface area contributed by atoms with Crippen molar-refractivity contribution in [2.75, 3.05) is 14.2 Å². The van der Waals surface area contributed by atoms with Gasteiger partial charge in [-0.25, -0.2) is 4.99 Å². The lowest BCUT2D eigenvalue weighted by Crippen LogP contribution is -2.21. The van der Waals surface area contributed by atoms with Crippen LogP contribution in [0.4, 0.5) is 5.69 Å². The van der Waals surface area contributed by atoms with E-state index in [2.05, 4.69) is 43.1 Å². The molecule has 7 heteroatoms. The highest BCUT2D eigenvalue weighted by Gasteiger charge is 2.13. The molecule has 0 atom stereocenters. The SMILES string of the molecule is COc1ccc(-c2c/c(=N/c3c(C)cc(C)cc3C)n(C)c3nncn23)cc1OC. The van der Waals surface area contributed by atoms with Gasteiger partial charge in [0.1, 0.15) is 11.8 Å². The molecule has 30 heavy (non-hydrogen) atoms. The third-order valence-corrected chi connectivity index (χ3v) is 5.24. The second-order valence-electron chi connectivity index (χ2n) is 7.38. The topological polar surface area (TPSA) is 65.9 Å². The summed E-state index contributed by atoms with van der Waals surface area (Å²) >= 11 is 0. The number of ether oxygens (including phenoxy) is 2. The van der Waals surface area contributed by atoms with Gasteiger partial charge >= 0.3 is 0 Å². The maximum Gasteiger partial charge on any atom is 0.237 e. The van der Waals surface area contributed by atoms with Crippen molar-refractivity contribution in [2.24, 2.45) is 12.0 Å². The Labute approximate surface area is 175 Å². The smallest absolute Gasteiger partial charge is 0.237 e. The van der Waals surface area contributed by atoms with Crippen LogP contribution >= 0.6 is 0 Å². The van der Waals surface area contributed by atoms with E-state index in [1.54, 1.807) is 20.5 Å². The van der Waals surface area contributed by atoms with Gasteiger partial charge in [0.2, 0.25) is 5.78 Å². The van der Waals surface area contributed by atoms with Crippen LogP contribution in [0, 0.1) is 20.8 Å². The van der Waals surface area contributed by atoms with Gasteiger partial charge < -0.3 is 9.47 Å². The molecule has 4 rings (SSSR count). The zero-order chi connectivity index (χ0) is 21.4. The van der Waals surface area contributed by atoms with Gasteiger partial charge in [0.25, 0.3) is 0 Å². The summed E-state index contributed by atoms with van der Waals surface area (Å²) in [7, 11) is 5.20. The molecule has 0 fully saturated rings. The maximum absolute atomic E-state index is 5.49. The lowest BCUT2D eigenvalue weighted by atomic mass is 10.1. The van der Waals surface area contributed by atoms with E-state index in [-0.39, 0.29) is 0 Å². The molecule has 0 saturated carbocycles. The van der Waals surface area contributed by atoms with Gasteiger partial charge in [0.05, 0.1) is 25.6 Å². The number of aromatic nitrogens is 4. The van der Waals surface area contributed by atoms with E-state index in [1.807, 2.05) is 40.3 Å². The molecule has 0 bridgehead atoms. The van der Waals surface area contributed by atoms with Crippen LogP contribution in [0.1, 0.15) is 16.7 Å². The minimum atomic E-state index is 0.660. The summed E-state index contributed by atoms with van der Waals surface area (Å²) in [5, 5.41) is 8.42. The number of methoxy groups -OCH3 is 2. The van der Waals surface area contributed by atoms with Gasteiger partial charge in [-0.15, -0.1) is 10.2 Å². The average molecular weight is 403 g/mol. The zero-order valence-corrected chi connectivity index (χ0v) is 18.1. The van der Waals surface area contributed by atoms with E-state index in [9.17, 15) is 0 Å². The molecule has 0 aliphatic heterocycles. The molecule has 0 radical (unpaired) electrons. The van der Waals surface area contributed by atoms with Crippen LogP contribution in [0.5, 0.6) is 11.5 Å². The summed E-state index contributed by atoms with van der Waals surface area (Å²) in [5.41, 5.74) is 7.13. The Morgan fingerprint density at radius 1 is 0.900 bits per heavy atom. The maximum atomic E-state index is 5.49. The molecule has 0 unspecified atom stereocenters. The molecule has 4 aromatic rings. The summed E-state index contributed by atoms with van der Waals surface area (Å²) in [6.07, 6.45) is 1.70. The van der Waals surface area contributed by atoms with Crippen molar-refractivity contribution in [1.82, 2.24) is 19.2 Å². The largest absolute Gasteiger partial charge is 0.493 e. The van der Waals surface area contributed by atoms with E-state index < -0.39 is 0 Å². The van der Waals surface area contributed by atoms with Gasteiger partial charge in [0.15, 0.2) is 11.5 Å². The standard InChI is InChI=1S/C23H25N5O2/c1-14-9-15(2)22(16(3)10-14)25-21-12-18(28-13-24-26-23(28)27(21)4)17-7-8-19(29-5)20(11-17)30-6/h7-13H,1-6H3/b25-21-. The number of aryl methyl sites for hydroxylation is 4. The summed E-state index contributed by atoms with van der Waals surface area (Å²) < 4.78 is 14.7. The molecule has 0 spiro atoms. The van der Waals surface area contributed by atoms with Gasteiger partial charge in [-0.2, -0.15) is 0 Å². The normalized spacial score (nSPS) is 11.9. The van der Waals surface area contributed by atoms with E-state index in [0.29, 0.717) is 17.3 Å². The fourth-order valence-corrected chi connectivity index (χ4v) is 3.81. The number of benzene rings is 2. The Kier molecular flexibility index (Phi) is 5.03. The van der Waals surface area contributed by atoms with Crippen LogP contribution in [-0.4, -0.2) is 33.4 Å². The van der Waals surface area contributed by atoms with Crippen molar-refractivity contribution in [2.45, 2.75) is 20.8 Å². The van der Waals surface area contributed by atoms with Crippen molar-refractivity contribution in [1.29, 1.82) is 0 Å². The minimum Gasteiger partial charge on any atom is -0.493 e. The summed E-state index contributed by atoms with van der Waals surface area (Å²) in [6, 6.07) is 12.2. The van der Waals surface area contributed by atoms with Crippen LogP contribution in [0.2, 0.25) is 0 Å². The van der Waals surface area contributed by atoms with Crippen molar-refractivity contribution < 1.29 is 9.47 Å². The lowest BCUT2D eigenvalue weighted by Gasteiger charge is -2.13. The van der Waals surface area contributed by atoms with Crippen molar-refractivity contribution in [3.05, 3.63) is 64.9 Å². The van der Waals surface area contributed by atoms with E-state index in [1.165, 1.54) is 5.56 Å². The molecule has 2 aromatic heterocycles. The number of nitrogens with zero attached hydrogens (tertiary/aromatic N) is 5. The summed E-state index contributed by atoms with van der Waals surface area (Å²) in [5.74, 6) is 2.04. The van der Waals surface area contributed by atoms with Gasteiger partial charge in [-0.1, -0.05) is 17.7 Å². The molecule has 0 amide bonds. The summed E-state index contributed by atoms with van der Waals surface area (Å²) in [6.45, 7) is 6.27. The molecule has 0 saturated heterocycles. The molecular formula is C23H25N5O2.